The summed E-state index contributed by atoms with van der Waals surface area (Å²) in [5.74, 6) is -0.0130. The highest BCUT2D eigenvalue weighted by molar-refractivity contribution is 14.1. The first kappa shape index (κ1) is 15.4. The summed E-state index contributed by atoms with van der Waals surface area (Å²) in [5, 5.41) is 2.86. The molecule has 22 heavy (non-hydrogen) atoms. The lowest BCUT2D eigenvalue weighted by atomic mass is 9.99. The van der Waals surface area contributed by atoms with Crippen molar-refractivity contribution in [3.63, 3.8) is 0 Å². The molecule has 1 N–H and O–H groups in total. The molecular weight excluding hydrogens is 400 g/mol. The highest BCUT2D eigenvalue weighted by Gasteiger charge is 2.37. The van der Waals surface area contributed by atoms with Crippen LogP contribution in [-0.4, -0.2) is 22.1 Å². The minimum absolute atomic E-state index is 0.130. The predicted molar refractivity (Wildman–Crippen MR) is 87.8 cm³/mol. The van der Waals surface area contributed by atoms with Crippen molar-refractivity contribution in [1.29, 1.82) is 0 Å². The third kappa shape index (κ3) is 3.00. The number of amides is 1. The minimum atomic E-state index is -0.349. The Bertz CT molecular complexity index is 704. The maximum Gasteiger partial charge on any atom is 0.230 e. The van der Waals surface area contributed by atoms with E-state index < -0.39 is 0 Å². The smallest absolute Gasteiger partial charge is 0.230 e. The number of hydrogen-bond donors (Lipinski definition) is 1. The zero-order valence-corrected chi connectivity index (χ0v) is 14.1. The second-order valence-corrected chi connectivity index (χ2v) is 6.36. The first-order valence-electron chi connectivity index (χ1n) is 6.91. The average molecular weight is 415 g/mol. The lowest BCUT2D eigenvalue weighted by Crippen LogP contribution is -2.27. The van der Waals surface area contributed by atoms with Crippen molar-refractivity contribution in [2.45, 2.75) is 12.5 Å². The molecule has 1 aliphatic heterocycles. The number of imidazole rings is 1. The number of ether oxygens (including phenoxy) is 1. The van der Waals surface area contributed by atoms with Crippen LogP contribution in [0.2, 0.25) is 0 Å². The molecule has 1 aliphatic rings. The van der Waals surface area contributed by atoms with Crippen molar-refractivity contribution in [3.05, 3.63) is 45.8 Å². The number of benzene rings is 1. The fourth-order valence-electron chi connectivity index (χ4n) is 2.58. The Morgan fingerprint density at radius 3 is 3.05 bits per heavy atom. The average Bonchev–Trinajstić information content (AvgIpc) is 3.09. The Morgan fingerprint density at radius 2 is 2.36 bits per heavy atom. The van der Waals surface area contributed by atoms with Crippen LogP contribution in [-0.2, 0) is 16.6 Å². The predicted octanol–water partition coefficient (Wildman–Crippen LogP) is 2.88. The number of nitrogens with zero attached hydrogens (tertiary/aromatic N) is 2. The van der Waals surface area contributed by atoms with Gasteiger partial charge in [-0.25, -0.2) is 9.37 Å². The van der Waals surface area contributed by atoms with E-state index in [9.17, 15) is 9.18 Å². The van der Waals surface area contributed by atoms with E-state index in [1.165, 1.54) is 12.1 Å². The van der Waals surface area contributed by atoms with Crippen LogP contribution in [0.4, 0.5) is 10.1 Å². The number of hydrogen-bond acceptors (Lipinski definition) is 3. The van der Waals surface area contributed by atoms with E-state index in [1.807, 2.05) is 40.4 Å². The van der Waals surface area contributed by atoms with Gasteiger partial charge in [0.2, 0.25) is 5.91 Å². The van der Waals surface area contributed by atoms with Gasteiger partial charge in [-0.1, -0.05) is 0 Å². The third-order valence-electron chi connectivity index (χ3n) is 3.73. The standard InChI is InChI=1S/C15H15FIN3O2/c1-20-6-5-18-14(20)13-10(4-7-22-13)15(21)19-12-3-2-9(16)8-11(12)17/h2-3,5-6,8,10,13H,4,7H2,1H3,(H,19,21)/t10-,13-/m1/s1. The monoisotopic (exact) mass is 415 g/mol. The number of halogens is 2. The minimum Gasteiger partial charge on any atom is -0.369 e. The summed E-state index contributed by atoms with van der Waals surface area (Å²) >= 11 is 2.00. The van der Waals surface area contributed by atoms with Gasteiger partial charge in [-0.15, -0.1) is 0 Å². The Hall–Kier alpha value is -1.48. The summed E-state index contributed by atoms with van der Waals surface area (Å²) in [7, 11) is 1.88. The molecule has 0 unspecified atom stereocenters. The molecular formula is C15H15FIN3O2. The fourth-order valence-corrected chi connectivity index (χ4v) is 3.19. The van der Waals surface area contributed by atoms with Crippen LogP contribution in [0, 0.1) is 15.3 Å². The highest BCUT2D eigenvalue weighted by atomic mass is 127. The van der Waals surface area contributed by atoms with Crippen LogP contribution >= 0.6 is 22.6 Å². The van der Waals surface area contributed by atoms with Crippen LogP contribution in [0.25, 0.3) is 0 Å². The molecule has 1 saturated heterocycles. The van der Waals surface area contributed by atoms with E-state index in [0.29, 0.717) is 22.3 Å². The molecule has 1 aromatic heterocycles. The van der Waals surface area contributed by atoms with Gasteiger partial charge in [0.05, 0.1) is 11.6 Å². The normalized spacial score (nSPS) is 21.0. The van der Waals surface area contributed by atoms with Gasteiger partial charge in [0.25, 0.3) is 0 Å². The van der Waals surface area contributed by atoms with Crippen molar-refractivity contribution in [2.75, 3.05) is 11.9 Å². The zero-order chi connectivity index (χ0) is 15.7. The van der Waals surface area contributed by atoms with Gasteiger partial charge < -0.3 is 14.6 Å². The van der Waals surface area contributed by atoms with Crippen molar-refractivity contribution in [1.82, 2.24) is 9.55 Å². The summed E-state index contributed by atoms with van der Waals surface area (Å²) < 4.78 is 21.3. The molecule has 0 saturated carbocycles. The third-order valence-corrected chi connectivity index (χ3v) is 4.62. The van der Waals surface area contributed by atoms with Crippen LogP contribution in [0.1, 0.15) is 18.3 Å². The molecule has 0 spiro atoms. The van der Waals surface area contributed by atoms with E-state index in [4.69, 9.17) is 4.74 Å². The number of rotatable bonds is 3. The van der Waals surface area contributed by atoms with Gasteiger partial charge >= 0.3 is 0 Å². The maximum atomic E-state index is 13.1. The van der Waals surface area contributed by atoms with E-state index in [-0.39, 0.29) is 23.7 Å². The first-order valence-corrected chi connectivity index (χ1v) is 7.99. The number of aromatic nitrogens is 2. The second-order valence-electron chi connectivity index (χ2n) is 5.20. The number of carbonyl (C=O) groups excluding carboxylic acids is 1. The van der Waals surface area contributed by atoms with Gasteiger partial charge in [0.15, 0.2) is 0 Å². The Balaban J connectivity index is 1.78. The van der Waals surface area contributed by atoms with Gasteiger partial charge in [-0.2, -0.15) is 0 Å². The molecule has 1 amide bonds. The number of carbonyl (C=O) groups is 1. The molecule has 2 atom stereocenters. The molecule has 0 bridgehead atoms. The topological polar surface area (TPSA) is 56.2 Å². The van der Waals surface area contributed by atoms with Crippen LogP contribution in [0.3, 0.4) is 0 Å². The SMILES string of the molecule is Cn1ccnc1[C@@H]1OCC[C@H]1C(=O)Nc1ccc(F)cc1I. The number of anilines is 1. The van der Waals surface area contributed by atoms with Crippen molar-refractivity contribution in [2.24, 2.45) is 13.0 Å². The fraction of sp³-hybridized carbons (Fsp3) is 0.333. The Labute approximate surface area is 141 Å². The molecule has 2 heterocycles. The van der Waals surface area contributed by atoms with Gasteiger partial charge in [-0.05, 0) is 47.2 Å². The lowest BCUT2D eigenvalue weighted by molar-refractivity contribution is -0.121. The molecule has 3 rings (SSSR count). The second kappa shape index (κ2) is 6.33. The van der Waals surface area contributed by atoms with E-state index in [1.54, 1.807) is 12.3 Å². The molecule has 1 fully saturated rings. The summed E-state index contributed by atoms with van der Waals surface area (Å²) in [6.45, 7) is 0.524. The zero-order valence-electron chi connectivity index (χ0n) is 11.9. The number of aryl methyl sites for hydroxylation is 1. The van der Waals surface area contributed by atoms with E-state index >= 15 is 0 Å². The summed E-state index contributed by atoms with van der Waals surface area (Å²) in [6, 6.07) is 4.29. The maximum absolute atomic E-state index is 13.1. The molecule has 116 valence electrons. The van der Waals surface area contributed by atoms with Crippen molar-refractivity contribution >= 4 is 34.2 Å². The molecule has 1 aromatic carbocycles. The Kier molecular flexibility index (Phi) is 4.44. The lowest BCUT2D eigenvalue weighted by Gasteiger charge is -2.18. The van der Waals surface area contributed by atoms with Crippen molar-refractivity contribution < 1.29 is 13.9 Å². The largest absolute Gasteiger partial charge is 0.369 e. The van der Waals surface area contributed by atoms with Gasteiger partial charge in [0, 0.05) is 29.6 Å². The quantitative estimate of drug-likeness (QED) is 0.785. The summed E-state index contributed by atoms with van der Waals surface area (Å²) in [6.07, 6.45) is 3.81. The highest BCUT2D eigenvalue weighted by Crippen LogP contribution is 2.34. The molecule has 7 heteroatoms. The molecule has 2 aromatic rings. The van der Waals surface area contributed by atoms with Crippen LogP contribution in [0.15, 0.2) is 30.6 Å². The molecule has 0 radical (unpaired) electrons. The Morgan fingerprint density at radius 1 is 1.55 bits per heavy atom. The molecule has 5 nitrogen and oxygen atoms in total. The molecule has 0 aliphatic carbocycles. The first-order chi connectivity index (χ1) is 10.6. The van der Waals surface area contributed by atoms with Crippen molar-refractivity contribution in [3.8, 4) is 0 Å². The summed E-state index contributed by atoms with van der Waals surface area (Å²) in [4.78, 5) is 16.8. The van der Waals surface area contributed by atoms with Gasteiger partial charge in [-0.3, -0.25) is 4.79 Å². The van der Waals surface area contributed by atoms with E-state index in [2.05, 4.69) is 10.3 Å². The number of nitrogens with one attached hydrogen (secondary N) is 1. The van der Waals surface area contributed by atoms with Crippen LogP contribution < -0.4 is 5.32 Å². The van der Waals surface area contributed by atoms with Crippen LogP contribution in [0.5, 0.6) is 0 Å². The van der Waals surface area contributed by atoms with E-state index in [0.717, 1.165) is 5.82 Å². The summed E-state index contributed by atoms with van der Waals surface area (Å²) in [5.41, 5.74) is 0.609. The van der Waals surface area contributed by atoms with Gasteiger partial charge in [0.1, 0.15) is 17.7 Å².